The molecule has 33 heavy (non-hydrogen) atoms. The van der Waals surface area contributed by atoms with Gasteiger partial charge in [-0.1, -0.05) is 42.5 Å². The van der Waals surface area contributed by atoms with Gasteiger partial charge in [-0.05, 0) is 23.6 Å². The van der Waals surface area contributed by atoms with E-state index in [4.69, 9.17) is 0 Å². The molecule has 0 saturated carbocycles. The molecule has 3 aromatic carbocycles. The summed E-state index contributed by atoms with van der Waals surface area (Å²) >= 11 is 0. The maximum Gasteiger partial charge on any atom is 0.217 e. The van der Waals surface area contributed by atoms with Crippen LogP contribution in [0.1, 0.15) is 0 Å². The van der Waals surface area contributed by atoms with Gasteiger partial charge in [0.25, 0.3) is 0 Å². The molecule has 3 aromatic rings. The first-order chi connectivity index (χ1) is 15.4. The van der Waals surface area contributed by atoms with E-state index in [1.54, 1.807) is 6.07 Å². The van der Waals surface area contributed by atoms with Crippen molar-refractivity contribution in [3.05, 3.63) is 60.7 Å². The van der Waals surface area contributed by atoms with Gasteiger partial charge in [0.15, 0.2) is 0 Å². The molecule has 3 rings (SSSR count). The number of quaternary nitrogens is 1. The van der Waals surface area contributed by atoms with E-state index in [1.807, 2.05) is 54.6 Å². The Kier molecular flexibility index (Phi) is 8.89. The quantitative estimate of drug-likeness (QED) is 0.238. The van der Waals surface area contributed by atoms with E-state index >= 15 is 0 Å². The van der Waals surface area contributed by atoms with Crippen LogP contribution in [0.4, 0.5) is 17.1 Å². The predicted molar refractivity (Wildman–Crippen MR) is 129 cm³/mol. The fourth-order valence-electron chi connectivity index (χ4n) is 2.89. The van der Waals surface area contributed by atoms with Gasteiger partial charge in [-0.15, -0.1) is 10.2 Å². The molecular weight excluding hydrogens is 444 g/mol. The van der Waals surface area contributed by atoms with Gasteiger partial charge in [0.05, 0.1) is 47.0 Å². The van der Waals surface area contributed by atoms with E-state index in [0.717, 1.165) is 46.8 Å². The van der Waals surface area contributed by atoms with Gasteiger partial charge in [0, 0.05) is 12.4 Å². The third-order valence-corrected chi connectivity index (χ3v) is 5.15. The molecule has 0 aromatic heterocycles. The number of hydrogen-bond acceptors (Lipinski definition) is 8. The van der Waals surface area contributed by atoms with Gasteiger partial charge < -0.3 is 19.0 Å². The molecule has 0 saturated heterocycles. The van der Waals surface area contributed by atoms with Crippen LogP contribution in [0, 0.1) is 0 Å². The summed E-state index contributed by atoms with van der Waals surface area (Å²) in [6.45, 7) is 1.93. The number of benzene rings is 3. The summed E-state index contributed by atoms with van der Waals surface area (Å²) in [5.41, 5.74) is 2.31. The molecule has 9 nitrogen and oxygen atoms in total. The van der Waals surface area contributed by atoms with Gasteiger partial charge in [-0.25, -0.2) is 8.42 Å². The highest BCUT2D eigenvalue weighted by molar-refractivity contribution is 7.80. The van der Waals surface area contributed by atoms with Crippen molar-refractivity contribution in [2.24, 2.45) is 10.2 Å². The zero-order valence-corrected chi connectivity index (χ0v) is 20.3. The number of para-hydroxylation sites is 1. The van der Waals surface area contributed by atoms with Crippen molar-refractivity contribution in [3.8, 4) is 5.75 Å². The Morgan fingerprint density at radius 1 is 1.00 bits per heavy atom. The van der Waals surface area contributed by atoms with Gasteiger partial charge >= 0.3 is 0 Å². The molecule has 178 valence electrons. The number of anilines is 1. The number of rotatable bonds is 7. The van der Waals surface area contributed by atoms with E-state index in [0.29, 0.717) is 5.69 Å². The predicted octanol–water partition coefficient (Wildman–Crippen LogP) is 4.20. The van der Waals surface area contributed by atoms with E-state index < -0.39 is 10.4 Å². The van der Waals surface area contributed by atoms with Gasteiger partial charge in [-0.2, -0.15) is 0 Å². The lowest BCUT2D eigenvalue weighted by molar-refractivity contribution is -0.868. The number of aromatic hydroxyl groups is 1. The van der Waals surface area contributed by atoms with E-state index in [2.05, 4.69) is 47.5 Å². The Balaban J connectivity index is 0.000000569. The smallest absolute Gasteiger partial charge is 0.217 e. The number of nitrogens with zero attached hydrogens (tertiary/aromatic N) is 4. The number of phenolic OH excluding ortho intramolecular Hbond substituents is 1. The third kappa shape index (κ3) is 8.43. The highest BCUT2D eigenvalue weighted by Gasteiger charge is 2.12. The standard InChI is InChI=1S/C22H26N4O.CH4O4S/c1-25(15-16-26(2,3)4)20-12-8-7-11-19(20)23-24-22-18-10-6-5-9-17(18)13-14-21(22)27;1-5-6(2,3)4/h5-14H,15-16H2,1-4H3;1H3,(H,2,3,4). The molecule has 0 aliphatic carbocycles. The van der Waals surface area contributed by atoms with Crippen LogP contribution in [0.5, 0.6) is 5.75 Å². The number of hydrogen-bond donors (Lipinski definition) is 1. The lowest BCUT2D eigenvalue weighted by atomic mass is 10.1. The largest absolute Gasteiger partial charge is 0.726 e. The van der Waals surface area contributed by atoms with Crippen LogP contribution in [-0.2, 0) is 14.6 Å². The van der Waals surface area contributed by atoms with Crippen LogP contribution in [-0.4, -0.2) is 71.0 Å². The van der Waals surface area contributed by atoms with E-state index in [9.17, 15) is 18.1 Å². The van der Waals surface area contributed by atoms with Crippen LogP contribution < -0.4 is 4.90 Å². The molecule has 0 aliphatic heterocycles. The summed E-state index contributed by atoms with van der Waals surface area (Å²) in [4.78, 5) is 2.20. The molecule has 1 N–H and O–H groups in total. The molecule has 0 amide bonds. The average Bonchev–Trinajstić information content (AvgIpc) is 2.76. The van der Waals surface area contributed by atoms with Crippen LogP contribution in [0.25, 0.3) is 10.8 Å². The van der Waals surface area contributed by atoms with Crippen molar-refractivity contribution >= 4 is 38.2 Å². The molecule has 0 bridgehead atoms. The summed E-state index contributed by atoms with van der Waals surface area (Å²) in [6, 6.07) is 19.4. The number of phenols is 1. The Hall–Kier alpha value is -3.05. The van der Waals surface area contributed by atoms with Crippen LogP contribution in [0.3, 0.4) is 0 Å². The van der Waals surface area contributed by atoms with Crippen molar-refractivity contribution < 1.29 is 26.7 Å². The van der Waals surface area contributed by atoms with E-state index in [1.165, 1.54) is 0 Å². The third-order valence-electron chi connectivity index (χ3n) is 4.74. The fraction of sp³-hybridized carbons (Fsp3) is 0.304. The summed E-state index contributed by atoms with van der Waals surface area (Å²) in [5.74, 6) is 0.133. The maximum atomic E-state index is 10.3. The Bertz CT molecular complexity index is 1210. The molecule has 0 fully saturated rings. The monoisotopic (exact) mass is 474 g/mol. The van der Waals surface area contributed by atoms with Crippen molar-refractivity contribution in [1.29, 1.82) is 0 Å². The first-order valence-corrected chi connectivity index (χ1v) is 11.5. The molecule has 0 atom stereocenters. The Morgan fingerprint density at radius 2 is 1.61 bits per heavy atom. The lowest BCUT2D eigenvalue weighted by Gasteiger charge is -2.28. The minimum absolute atomic E-state index is 0.133. The molecular formula is C23H30N4O5S. The zero-order chi connectivity index (χ0) is 24.6. The van der Waals surface area contributed by atoms with Crippen molar-refractivity contribution in [2.45, 2.75) is 0 Å². The first-order valence-electron chi connectivity index (χ1n) is 10.2. The van der Waals surface area contributed by atoms with Crippen LogP contribution in [0.15, 0.2) is 70.9 Å². The topological polar surface area (TPSA) is 115 Å². The van der Waals surface area contributed by atoms with Gasteiger partial charge in [-0.3, -0.25) is 4.18 Å². The summed E-state index contributed by atoms with van der Waals surface area (Å²) in [5, 5.41) is 21.1. The van der Waals surface area contributed by atoms with Crippen molar-refractivity contribution in [2.75, 3.05) is 53.3 Å². The minimum atomic E-state index is -4.41. The summed E-state index contributed by atoms with van der Waals surface area (Å²) in [6.07, 6.45) is 0. The van der Waals surface area contributed by atoms with Crippen molar-refractivity contribution in [3.63, 3.8) is 0 Å². The first kappa shape index (κ1) is 26.2. The van der Waals surface area contributed by atoms with Gasteiger partial charge in [0.2, 0.25) is 10.4 Å². The van der Waals surface area contributed by atoms with Gasteiger partial charge in [0.1, 0.15) is 17.1 Å². The number of azo groups is 1. The maximum absolute atomic E-state index is 10.3. The summed E-state index contributed by atoms with van der Waals surface area (Å²) in [7, 11) is 5.01. The fourth-order valence-corrected chi connectivity index (χ4v) is 2.89. The highest BCUT2D eigenvalue weighted by atomic mass is 32.3. The minimum Gasteiger partial charge on any atom is -0.726 e. The molecule has 0 heterocycles. The Labute approximate surface area is 195 Å². The van der Waals surface area contributed by atoms with Crippen LogP contribution in [0.2, 0.25) is 0 Å². The normalized spacial score (nSPS) is 11.9. The Morgan fingerprint density at radius 3 is 2.24 bits per heavy atom. The van der Waals surface area contributed by atoms with Crippen molar-refractivity contribution in [1.82, 2.24) is 0 Å². The lowest BCUT2D eigenvalue weighted by Crippen LogP contribution is -2.41. The van der Waals surface area contributed by atoms with Crippen LogP contribution >= 0.6 is 0 Å². The highest BCUT2D eigenvalue weighted by Crippen LogP contribution is 2.37. The molecule has 0 spiro atoms. The second kappa shape index (κ2) is 11.2. The summed E-state index contributed by atoms with van der Waals surface area (Å²) < 4.78 is 31.9. The second-order valence-corrected chi connectivity index (χ2v) is 9.50. The number of fused-ring (bicyclic) bond motifs is 1. The molecule has 0 radical (unpaired) electrons. The molecule has 0 aliphatic rings. The molecule has 10 heteroatoms. The van der Waals surface area contributed by atoms with E-state index in [-0.39, 0.29) is 5.75 Å². The zero-order valence-electron chi connectivity index (χ0n) is 19.5. The molecule has 0 unspecified atom stereocenters. The number of likely N-dealkylation sites (N-methyl/N-ethyl adjacent to an activating group) is 2. The second-order valence-electron chi connectivity index (χ2n) is 8.35. The average molecular weight is 475 g/mol. The SMILES string of the molecule is CN(CC[N+](C)(C)C)c1ccccc1N=Nc1c(O)ccc2ccccc12.COS(=O)(=O)[O-].